The maximum Gasteiger partial charge on any atom is 0.133 e. The van der Waals surface area contributed by atoms with E-state index in [9.17, 15) is 13.2 Å². The van der Waals surface area contributed by atoms with Gasteiger partial charge in [-0.15, -0.1) is 0 Å². The fraction of sp³-hybridized carbons (Fsp3) is 0.250. The van der Waals surface area contributed by atoms with E-state index in [2.05, 4.69) is 5.32 Å². The summed E-state index contributed by atoms with van der Waals surface area (Å²) in [6.45, 7) is 3.19. The summed E-state index contributed by atoms with van der Waals surface area (Å²) in [5, 5.41) is 3.10. The Bertz CT molecular complexity index is 596. The lowest BCUT2D eigenvalue weighted by molar-refractivity contribution is 0.582. The van der Waals surface area contributed by atoms with Crippen molar-refractivity contribution >= 4 is 0 Å². The van der Waals surface area contributed by atoms with E-state index in [1.165, 1.54) is 24.3 Å². The molecule has 0 radical (unpaired) electrons. The Morgan fingerprint density at radius 3 is 2.45 bits per heavy atom. The molecule has 0 saturated heterocycles. The molecule has 0 aromatic heterocycles. The molecule has 20 heavy (non-hydrogen) atoms. The van der Waals surface area contributed by atoms with Crippen LogP contribution in [0.15, 0.2) is 36.4 Å². The number of hydrogen-bond donors (Lipinski definition) is 1. The Morgan fingerprint density at radius 2 is 1.75 bits per heavy atom. The molecule has 2 aromatic rings. The summed E-state index contributed by atoms with van der Waals surface area (Å²) in [5.41, 5.74) is 1.28. The normalized spacial score (nSPS) is 10.8. The zero-order valence-corrected chi connectivity index (χ0v) is 11.2. The maximum atomic E-state index is 13.7. The predicted molar refractivity (Wildman–Crippen MR) is 73.7 cm³/mol. The van der Waals surface area contributed by atoms with Crippen LogP contribution in [-0.4, -0.2) is 6.54 Å². The minimum atomic E-state index is -0.649. The first-order valence-electron chi connectivity index (χ1n) is 6.56. The molecule has 0 bridgehead atoms. The fourth-order valence-electron chi connectivity index (χ4n) is 2.00. The Morgan fingerprint density at radius 1 is 0.950 bits per heavy atom. The monoisotopic (exact) mass is 279 g/mol. The molecule has 2 rings (SSSR count). The lowest BCUT2D eigenvalue weighted by Crippen LogP contribution is -2.14. The van der Waals surface area contributed by atoms with Crippen molar-refractivity contribution in [2.75, 3.05) is 6.54 Å². The van der Waals surface area contributed by atoms with Gasteiger partial charge in [-0.3, -0.25) is 0 Å². The molecular formula is C16H16F3N. The lowest BCUT2D eigenvalue weighted by atomic mass is 10.0. The first-order valence-corrected chi connectivity index (χ1v) is 6.56. The predicted octanol–water partition coefficient (Wildman–Crippen LogP) is 4.27. The molecule has 0 saturated carbocycles. The maximum absolute atomic E-state index is 13.7. The highest BCUT2D eigenvalue weighted by Gasteiger charge is 2.09. The molecule has 106 valence electrons. The summed E-state index contributed by atoms with van der Waals surface area (Å²) in [6.07, 6.45) is 0.952. The minimum Gasteiger partial charge on any atom is -0.313 e. The number of rotatable bonds is 5. The van der Waals surface area contributed by atoms with Gasteiger partial charge < -0.3 is 5.32 Å². The van der Waals surface area contributed by atoms with E-state index in [-0.39, 0.29) is 11.4 Å². The van der Waals surface area contributed by atoms with E-state index in [1.54, 1.807) is 6.07 Å². The average molecular weight is 279 g/mol. The second-order valence-corrected chi connectivity index (χ2v) is 4.61. The number of hydrogen-bond acceptors (Lipinski definition) is 1. The van der Waals surface area contributed by atoms with Gasteiger partial charge in [-0.05, 0) is 42.8 Å². The number of halogens is 3. The SMILES string of the molecule is CCCNCc1cc(-c2ccc(F)cc2F)ccc1F. The number of benzene rings is 2. The van der Waals surface area contributed by atoms with Crippen molar-refractivity contribution in [3.8, 4) is 11.1 Å². The van der Waals surface area contributed by atoms with Crippen LogP contribution in [0.3, 0.4) is 0 Å². The summed E-state index contributed by atoms with van der Waals surface area (Å²) in [5.74, 6) is -1.61. The first-order chi connectivity index (χ1) is 9.61. The van der Waals surface area contributed by atoms with E-state index < -0.39 is 11.6 Å². The van der Waals surface area contributed by atoms with Gasteiger partial charge in [-0.25, -0.2) is 13.2 Å². The summed E-state index contributed by atoms with van der Waals surface area (Å²) < 4.78 is 40.3. The van der Waals surface area contributed by atoms with Gasteiger partial charge in [0.25, 0.3) is 0 Å². The largest absolute Gasteiger partial charge is 0.313 e. The van der Waals surface area contributed by atoms with E-state index in [0.29, 0.717) is 17.7 Å². The van der Waals surface area contributed by atoms with Crippen LogP contribution in [0.4, 0.5) is 13.2 Å². The molecular weight excluding hydrogens is 263 g/mol. The zero-order chi connectivity index (χ0) is 14.5. The minimum absolute atomic E-state index is 0.267. The molecule has 0 spiro atoms. The molecule has 0 aliphatic rings. The molecule has 2 aromatic carbocycles. The Balaban J connectivity index is 2.30. The average Bonchev–Trinajstić information content (AvgIpc) is 2.41. The standard InChI is InChI=1S/C16H16F3N/c1-2-7-20-10-12-8-11(3-6-15(12)18)14-5-4-13(17)9-16(14)19/h3-6,8-9,20H,2,7,10H2,1H3. The van der Waals surface area contributed by atoms with Crippen molar-refractivity contribution in [3.63, 3.8) is 0 Å². The molecule has 1 nitrogen and oxygen atoms in total. The van der Waals surface area contributed by atoms with Crippen molar-refractivity contribution in [1.29, 1.82) is 0 Å². The van der Waals surface area contributed by atoms with E-state index in [0.717, 1.165) is 19.0 Å². The highest BCUT2D eigenvalue weighted by atomic mass is 19.1. The third-order valence-electron chi connectivity index (χ3n) is 3.03. The van der Waals surface area contributed by atoms with Crippen LogP contribution in [0.5, 0.6) is 0 Å². The third kappa shape index (κ3) is 3.39. The van der Waals surface area contributed by atoms with Gasteiger partial charge in [0.1, 0.15) is 17.5 Å². The Kier molecular flexibility index (Phi) is 4.79. The van der Waals surface area contributed by atoms with Crippen molar-refractivity contribution in [3.05, 3.63) is 59.4 Å². The van der Waals surface area contributed by atoms with Crippen molar-refractivity contribution < 1.29 is 13.2 Å². The molecule has 1 N–H and O–H groups in total. The van der Waals surface area contributed by atoms with Gasteiger partial charge in [-0.1, -0.05) is 13.0 Å². The van der Waals surface area contributed by atoms with E-state index in [1.807, 2.05) is 6.92 Å². The first kappa shape index (κ1) is 14.6. The molecule has 0 atom stereocenters. The highest BCUT2D eigenvalue weighted by molar-refractivity contribution is 5.65. The third-order valence-corrected chi connectivity index (χ3v) is 3.03. The number of nitrogens with one attached hydrogen (secondary N) is 1. The molecule has 4 heteroatoms. The fourth-order valence-corrected chi connectivity index (χ4v) is 2.00. The quantitative estimate of drug-likeness (QED) is 0.806. The topological polar surface area (TPSA) is 12.0 Å². The lowest BCUT2D eigenvalue weighted by Gasteiger charge is -2.09. The van der Waals surface area contributed by atoms with Gasteiger partial charge in [0.2, 0.25) is 0 Å². The summed E-state index contributed by atoms with van der Waals surface area (Å²) in [7, 11) is 0. The molecule has 0 fully saturated rings. The molecule has 0 aliphatic heterocycles. The van der Waals surface area contributed by atoms with Crippen LogP contribution < -0.4 is 5.32 Å². The van der Waals surface area contributed by atoms with Crippen LogP contribution in [0.25, 0.3) is 11.1 Å². The highest BCUT2D eigenvalue weighted by Crippen LogP contribution is 2.25. The molecule has 0 heterocycles. The van der Waals surface area contributed by atoms with Gasteiger partial charge in [0.05, 0.1) is 0 Å². The Hall–Kier alpha value is -1.81. The second-order valence-electron chi connectivity index (χ2n) is 4.61. The smallest absolute Gasteiger partial charge is 0.133 e. The summed E-state index contributed by atoms with van der Waals surface area (Å²) in [6, 6.07) is 7.77. The summed E-state index contributed by atoms with van der Waals surface area (Å²) in [4.78, 5) is 0. The van der Waals surface area contributed by atoms with E-state index in [4.69, 9.17) is 0 Å². The van der Waals surface area contributed by atoms with Crippen LogP contribution in [0.1, 0.15) is 18.9 Å². The van der Waals surface area contributed by atoms with Gasteiger partial charge >= 0.3 is 0 Å². The summed E-state index contributed by atoms with van der Waals surface area (Å²) >= 11 is 0. The van der Waals surface area contributed by atoms with Crippen LogP contribution in [0, 0.1) is 17.5 Å². The van der Waals surface area contributed by atoms with Gasteiger partial charge in [-0.2, -0.15) is 0 Å². The van der Waals surface area contributed by atoms with E-state index >= 15 is 0 Å². The van der Waals surface area contributed by atoms with Crippen LogP contribution in [-0.2, 0) is 6.54 Å². The molecule has 0 unspecified atom stereocenters. The van der Waals surface area contributed by atoms with Gasteiger partial charge in [0, 0.05) is 23.7 Å². The molecule has 0 amide bonds. The van der Waals surface area contributed by atoms with Crippen molar-refractivity contribution in [2.45, 2.75) is 19.9 Å². The Labute approximate surface area is 116 Å². The van der Waals surface area contributed by atoms with Crippen molar-refractivity contribution in [2.24, 2.45) is 0 Å². The molecule has 0 aliphatic carbocycles. The van der Waals surface area contributed by atoms with Gasteiger partial charge in [0.15, 0.2) is 0 Å². The second kappa shape index (κ2) is 6.57. The van der Waals surface area contributed by atoms with Crippen LogP contribution >= 0.6 is 0 Å². The zero-order valence-electron chi connectivity index (χ0n) is 11.2. The van der Waals surface area contributed by atoms with Crippen molar-refractivity contribution in [1.82, 2.24) is 5.32 Å². The van der Waals surface area contributed by atoms with Crippen LogP contribution in [0.2, 0.25) is 0 Å².